The van der Waals surface area contributed by atoms with Gasteiger partial charge in [-0.25, -0.2) is 4.39 Å². The van der Waals surface area contributed by atoms with Crippen LogP contribution in [0.25, 0.3) is 0 Å². The van der Waals surface area contributed by atoms with Gasteiger partial charge in [0.1, 0.15) is 11.5 Å². The van der Waals surface area contributed by atoms with Gasteiger partial charge in [0.25, 0.3) is 5.69 Å². The fraction of sp³-hybridized carbons (Fsp3) is 0.462. The molecule has 1 aliphatic heterocycles. The standard InChI is InChI=1S/C13H16FN3O4/c1-21-13(18)9-15-4-6-16(7-5-15)12-8-10(14)2-3-11(12)17(19)20/h2-3,8H,4-7,9H2,1H3. The van der Waals surface area contributed by atoms with Crippen molar-refractivity contribution in [1.82, 2.24) is 4.90 Å². The molecule has 8 heteroatoms. The summed E-state index contributed by atoms with van der Waals surface area (Å²) < 4.78 is 17.9. The first-order valence-corrected chi connectivity index (χ1v) is 6.49. The second kappa shape index (κ2) is 6.49. The van der Waals surface area contributed by atoms with Gasteiger partial charge in [0.2, 0.25) is 0 Å². The number of carbonyl (C=O) groups excluding carboxylic acids is 1. The predicted octanol–water partition coefficient (Wildman–Crippen LogP) is 1.03. The number of halogens is 1. The van der Waals surface area contributed by atoms with Crippen molar-refractivity contribution in [3.63, 3.8) is 0 Å². The molecule has 114 valence electrons. The van der Waals surface area contributed by atoms with Crippen molar-refractivity contribution in [2.24, 2.45) is 0 Å². The van der Waals surface area contributed by atoms with E-state index in [1.807, 2.05) is 4.90 Å². The third kappa shape index (κ3) is 3.66. The maximum absolute atomic E-state index is 13.3. The van der Waals surface area contributed by atoms with Crippen molar-refractivity contribution >= 4 is 17.3 Å². The lowest BCUT2D eigenvalue weighted by atomic mass is 10.2. The molecule has 0 atom stereocenters. The van der Waals surface area contributed by atoms with Crippen LogP contribution in [-0.4, -0.2) is 55.6 Å². The molecule has 0 aliphatic carbocycles. The Balaban J connectivity index is 2.07. The normalized spacial score (nSPS) is 15.8. The summed E-state index contributed by atoms with van der Waals surface area (Å²) in [6.45, 7) is 2.28. The molecule has 0 radical (unpaired) electrons. The maximum atomic E-state index is 13.3. The van der Waals surface area contributed by atoms with Crippen LogP contribution >= 0.6 is 0 Å². The molecule has 7 nitrogen and oxygen atoms in total. The van der Waals surface area contributed by atoms with E-state index >= 15 is 0 Å². The number of hydrogen-bond donors (Lipinski definition) is 0. The van der Waals surface area contributed by atoms with Gasteiger partial charge in [0.05, 0.1) is 18.6 Å². The van der Waals surface area contributed by atoms with Crippen molar-refractivity contribution in [3.8, 4) is 0 Å². The second-order valence-corrected chi connectivity index (χ2v) is 4.73. The third-order valence-electron chi connectivity index (χ3n) is 3.43. The largest absolute Gasteiger partial charge is 0.468 e. The number of benzene rings is 1. The average molecular weight is 297 g/mol. The number of hydrogen-bond acceptors (Lipinski definition) is 6. The summed E-state index contributed by atoms with van der Waals surface area (Å²) in [5.74, 6) is -0.826. The van der Waals surface area contributed by atoms with Gasteiger partial charge in [0, 0.05) is 38.3 Å². The molecule has 1 fully saturated rings. The molecule has 1 heterocycles. The molecule has 2 rings (SSSR count). The zero-order valence-electron chi connectivity index (χ0n) is 11.6. The van der Waals surface area contributed by atoms with Gasteiger partial charge in [-0.05, 0) is 6.07 Å². The van der Waals surface area contributed by atoms with Crippen LogP contribution < -0.4 is 4.90 Å². The number of esters is 1. The minimum absolute atomic E-state index is 0.113. The van der Waals surface area contributed by atoms with Crippen LogP contribution in [0.3, 0.4) is 0 Å². The first-order chi connectivity index (χ1) is 10.0. The Labute approximate surface area is 121 Å². The summed E-state index contributed by atoms with van der Waals surface area (Å²) >= 11 is 0. The Morgan fingerprint density at radius 2 is 2.05 bits per heavy atom. The molecule has 0 aromatic heterocycles. The van der Waals surface area contributed by atoms with Gasteiger partial charge in [-0.1, -0.05) is 0 Å². The van der Waals surface area contributed by atoms with Crippen molar-refractivity contribution in [2.45, 2.75) is 0 Å². The van der Waals surface area contributed by atoms with Gasteiger partial charge in [-0.15, -0.1) is 0 Å². The summed E-state index contributed by atoms with van der Waals surface area (Å²) in [6.07, 6.45) is 0. The molecule has 0 bridgehead atoms. The Morgan fingerprint density at radius 3 is 2.62 bits per heavy atom. The van der Waals surface area contributed by atoms with Crippen molar-refractivity contribution in [3.05, 3.63) is 34.1 Å². The monoisotopic (exact) mass is 297 g/mol. The quantitative estimate of drug-likeness (QED) is 0.469. The number of nitro benzene ring substituents is 1. The minimum atomic E-state index is -0.518. The van der Waals surface area contributed by atoms with Crippen molar-refractivity contribution in [2.75, 3.05) is 44.7 Å². The fourth-order valence-electron chi connectivity index (χ4n) is 2.30. The van der Waals surface area contributed by atoms with E-state index in [9.17, 15) is 19.3 Å². The number of methoxy groups -OCH3 is 1. The van der Waals surface area contributed by atoms with E-state index < -0.39 is 10.7 Å². The molecular formula is C13H16FN3O4. The van der Waals surface area contributed by atoms with Gasteiger partial charge < -0.3 is 9.64 Å². The van der Waals surface area contributed by atoms with E-state index in [-0.39, 0.29) is 23.9 Å². The molecule has 0 spiro atoms. The van der Waals surface area contributed by atoms with E-state index in [0.717, 1.165) is 6.07 Å². The number of nitrogens with zero attached hydrogens (tertiary/aromatic N) is 3. The zero-order valence-corrected chi connectivity index (χ0v) is 11.6. The van der Waals surface area contributed by atoms with Crippen LogP contribution in [0.1, 0.15) is 0 Å². The minimum Gasteiger partial charge on any atom is -0.468 e. The fourth-order valence-corrected chi connectivity index (χ4v) is 2.30. The number of carbonyl (C=O) groups is 1. The molecule has 21 heavy (non-hydrogen) atoms. The molecule has 1 aromatic rings. The number of ether oxygens (including phenoxy) is 1. The van der Waals surface area contributed by atoms with Crippen LogP contribution in [0.4, 0.5) is 15.8 Å². The highest BCUT2D eigenvalue weighted by Crippen LogP contribution is 2.29. The Morgan fingerprint density at radius 1 is 1.38 bits per heavy atom. The number of piperazine rings is 1. The highest BCUT2D eigenvalue weighted by atomic mass is 19.1. The van der Waals surface area contributed by atoms with Crippen molar-refractivity contribution in [1.29, 1.82) is 0 Å². The maximum Gasteiger partial charge on any atom is 0.319 e. The molecular weight excluding hydrogens is 281 g/mol. The highest BCUT2D eigenvalue weighted by Gasteiger charge is 2.25. The van der Waals surface area contributed by atoms with Gasteiger partial charge in [-0.2, -0.15) is 0 Å². The van der Waals surface area contributed by atoms with Gasteiger partial charge >= 0.3 is 5.97 Å². The smallest absolute Gasteiger partial charge is 0.319 e. The van der Waals surface area contributed by atoms with Crippen LogP contribution in [0.15, 0.2) is 18.2 Å². The highest BCUT2D eigenvalue weighted by molar-refractivity contribution is 5.71. The van der Waals surface area contributed by atoms with E-state index in [1.165, 1.54) is 19.2 Å². The SMILES string of the molecule is COC(=O)CN1CCN(c2cc(F)ccc2[N+](=O)[O-])CC1. The van der Waals surface area contributed by atoms with E-state index in [4.69, 9.17) is 0 Å². The molecule has 1 aliphatic rings. The van der Waals surface area contributed by atoms with Gasteiger partial charge in [0.15, 0.2) is 0 Å². The molecule has 0 saturated carbocycles. The van der Waals surface area contributed by atoms with Crippen LogP contribution in [-0.2, 0) is 9.53 Å². The summed E-state index contributed by atoms with van der Waals surface area (Å²) in [5, 5.41) is 11.0. The summed E-state index contributed by atoms with van der Waals surface area (Å²) in [7, 11) is 1.33. The lowest BCUT2D eigenvalue weighted by Gasteiger charge is -2.35. The first-order valence-electron chi connectivity index (χ1n) is 6.49. The average Bonchev–Trinajstić information content (AvgIpc) is 2.47. The summed E-state index contributed by atoms with van der Waals surface area (Å²) in [5.41, 5.74) is 0.163. The number of rotatable bonds is 4. The Bertz CT molecular complexity index is 544. The zero-order chi connectivity index (χ0) is 15.4. The van der Waals surface area contributed by atoms with Crippen LogP contribution in [0.2, 0.25) is 0 Å². The first kappa shape index (κ1) is 15.2. The van der Waals surface area contributed by atoms with Crippen molar-refractivity contribution < 1.29 is 18.8 Å². The molecule has 0 amide bonds. The summed E-state index contributed by atoms with van der Waals surface area (Å²) in [6, 6.07) is 3.43. The van der Waals surface area contributed by atoms with E-state index in [0.29, 0.717) is 26.2 Å². The number of anilines is 1. The Hall–Kier alpha value is -2.22. The van der Waals surface area contributed by atoms with Gasteiger partial charge in [-0.3, -0.25) is 19.8 Å². The van der Waals surface area contributed by atoms with Crippen LogP contribution in [0, 0.1) is 15.9 Å². The van der Waals surface area contributed by atoms with Crippen LogP contribution in [0.5, 0.6) is 0 Å². The molecule has 0 unspecified atom stereocenters. The Kier molecular flexibility index (Phi) is 4.69. The molecule has 1 aromatic carbocycles. The molecule has 1 saturated heterocycles. The molecule has 0 N–H and O–H groups in total. The summed E-state index contributed by atoms with van der Waals surface area (Å²) in [4.78, 5) is 25.3. The topological polar surface area (TPSA) is 75.9 Å². The lowest BCUT2D eigenvalue weighted by Crippen LogP contribution is -2.48. The van der Waals surface area contributed by atoms with E-state index in [2.05, 4.69) is 4.74 Å². The third-order valence-corrected chi connectivity index (χ3v) is 3.43. The number of nitro groups is 1. The van der Waals surface area contributed by atoms with E-state index in [1.54, 1.807) is 4.90 Å². The predicted molar refractivity (Wildman–Crippen MR) is 73.7 cm³/mol. The second-order valence-electron chi connectivity index (χ2n) is 4.73. The lowest BCUT2D eigenvalue weighted by molar-refractivity contribution is -0.384.